The van der Waals surface area contributed by atoms with Crippen LogP contribution in [0.5, 0.6) is 0 Å². The predicted molar refractivity (Wildman–Crippen MR) is 32.0 cm³/mol. The van der Waals surface area contributed by atoms with E-state index in [-0.39, 0.29) is 111 Å². The molecule has 2 atom stereocenters. The van der Waals surface area contributed by atoms with Gasteiger partial charge in [0, 0.05) is 0 Å². The Morgan fingerprint density at radius 3 is 1.15 bits per heavy atom. The quantitative estimate of drug-likeness (QED) is 0.472. The number of hydrogen-bond donors (Lipinski definition) is 2. The fourth-order valence-corrected chi connectivity index (χ4v) is 0.258. The maximum Gasteiger partial charge on any atom is 1.00 e. The van der Waals surface area contributed by atoms with Gasteiger partial charge in [-0.05, 0) is 0 Å². The number of rotatable bonds is 3. The summed E-state index contributed by atoms with van der Waals surface area (Å²) in [7, 11) is 0. The monoisotopic (exact) mass is 240 g/mol. The van der Waals surface area contributed by atoms with Crippen LogP contribution in [0.2, 0.25) is 0 Å². The molecule has 2 N–H and O–H groups in total. The van der Waals surface area contributed by atoms with Crippen LogP contribution in [0, 0.1) is 0 Å². The van der Waals surface area contributed by atoms with Gasteiger partial charge in [0.05, 0.1) is 20.4 Å². The van der Waals surface area contributed by atoms with Crippen LogP contribution in [0.3, 0.4) is 0 Å². The van der Waals surface area contributed by atoms with E-state index >= 15 is 0 Å². The van der Waals surface area contributed by atoms with E-state index in [9.17, 15) is 19.8 Å². The summed E-state index contributed by atoms with van der Waals surface area (Å²) in [5.41, 5.74) is 0. The largest absolute Gasteiger partial charge is 1.00 e. The fraction of sp³-hybridized carbons (Fsp3) is 0.500. The number of carbonyl (C=O) groups excluding carboxylic acids is 2. The molecular weight excluding hydrogens is 233 g/mol. The molecule has 0 aliphatic carbocycles. The van der Waals surface area contributed by atoms with Crippen LogP contribution in [-0.4, -0.2) is 42.8 Å². The molecule has 0 saturated carbocycles. The van der Waals surface area contributed by atoms with Gasteiger partial charge in [0.25, 0.3) is 0 Å². The first kappa shape index (κ1) is 24.4. The molecule has 0 aliphatic heterocycles. The van der Waals surface area contributed by atoms with Crippen molar-refractivity contribution in [2.75, 3.05) is 0 Å². The molecule has 0 aliphatic rings. The molecule has 64 valence electrons. The molecular formula is C4H7BK2O6. The average Bonchev–Trinajstić information content (AvgIpc) is 1.84. The Balaban J connectivity index is -0.000000135. The van der Waals surface area contributed by atoms with Gasteiger partial charge in [-0.2, -0.15) is 0 Å². The maximum atomic E-state index is 9.63. The van der Waals surface area contributed by atoms with Crippen LogP contribution in [0.15, 0.2) is 0 Å². The van der Waals surface area contributed by atoms with Crippen LogP contribution < -0.4 is 113 Å². The molecule has 0 heterocycles. The summed E-state index contributed by atoms with van der Waals surface area (Å²) >= 11 is 0. The molecule has 0 saturated heterocycles. The van der Waals surface area contributed by atoms with E-state index in [0.29, 0.717) is 0 Å². The number of carboxylic acids is 2. The smallest absolute Gasteiger partial charge is 0.547 e. The topological polar surface area (TPSA) is 121 Å². The minimum atomic E-state index is -2.44. The third kappa shape index (κ3) is 10.5. The summed E-state index contributed by atoms with van der Waals surface area (Å²) in [4.78, 5) is 19.3. The Bertz CT molecular complexity index is 147. The van der Waals surface area contributed by atoms with Crippen molar-refractivity contribution < 1.29 is 133 Å². The number of carboxylic acid groups (broad SMARTS) is 2. The first-order chi connectivity index (χ1) is 4.46. The van der Waals surface area contributed by atoms with Crippen LogP contribution >= 0.6 is 0 Å². The molecule has 0 aromatic heterocycles. The van der Waals surface area contributed by atoms with Gasteiger partial charge in [0.1, 0.15) is 12.2 Å². The minimum absolute atomic E-state index is 0. The van der Waals surface area contributed by atoms with Crippen molar-refractivity contribution in [2.24, 2.45) is 0 Å². The molecule has 6 nitrogen and oxygen atoms in total. The molecule has 0 aromatic rings. The number of hydrogen-bond acceptors (Lipinski definition) is 6. The van der Waals surface area contributed by atoms with E-state index in [0.717, 1.165) is 0 Å². The zero-order chi connectivity index (χ0) is 8.31. The number of aliphatic hydroxyl groups excluding tert-OH is 2. The molecule has 0 bridgehead atoms. The molecule has 9 heteroatoms. The Hall–Kier alpha value is 2.20. The summed E-state index contributed by atoms with van der Waals surface area (Å²) in [5.74, 6) is -4.12. The van der Waals surface area contributed by atoms with E-state index in [1.807, 2.05) is 0 Å². The molecule has 0 fully saturated rings. The standard InChI is InChI=1S/C4H6O6.BH3.2K/c5-1(3(7)8)2(6)4(9)10;;;/h1-2,5-6H,(H,7,8)(H,9,10);1H3;;/q;;2*+1/p-2. The van der Waals surface area contributed by atoms with Crippen LogP contribution in [0.25, 0.3) is 0 Å². The average molecular weight is 240 g/mol. The summed E-state index contributed by atoms with van der Waals surface area (Å²) < 4.78 is 0. The second-order valence-electron chi connectivity index (χ2n) is 1.53. The Morgan fingerprint density at radius 1 is 0.923 bits per heavy atom. The van der Waals surface area contributed by atoms with Gasteiger partial charge in [-0.15, -0.1) is 0 Å². The number of aliphatic hydroxyl groups is 2. The second-order valence-corrected chi connectivity index (χ2v) is 1.53. The predicted octanol–water partition coefficient (Wildman–Crippen LogP) is -12.0. The molecule has 0 aromatic carbocycles. The van der Waals surface area contributed by atoms with Gasteiger partial charge in [0.2, 0.25) is 0 Å². The zero-order valence-electron chi connectivity index (χ0n) is 6.68. The molecule has 0 radical (unpaired) electrons. The molecule has 0 amide bonds. The van der Waals surface area contributed by atoms with E-state index in [4.69, 9.17) is 10.2 Å². The normalized spacial score (nSPS) is 12.2. The van der Waals surface area contributed by atoms with Crippen molar-refractivity contribution >= 4 is 20.4 Å². The van der Waals surface area contributed by atoms with Gasteiger partial charge in [-0.25, -0.2) is 0 Å². The molecule has 0 rings (SSSR count). The first-order valence-corrected chi connectivity index (χ1v) is 2.24. The van der Waals surface area contributed by atoms with Gasteiger partial charge in [0.15, 0.2) is 0 Å². The fourth-order valence-electron chi connectivity index (χ4n) is 0.258. The van der Waals surface area contributed by atoms with Crippen molar-refractivity contribution in [2.45, 2.75) is 12.2 Å². The molecule has 0 spiro atoms. The first-order valence-electron chi connectivity index (χ1n) is 2.24. The third-order valence-corrected chi connectivity index (χ3v) is 0.782. The maximum absolute atomic E-state index is 9.63. The molecule has 13 heavy (non-hydrogen) atoms. The van der Waals surface area contributed by atoms with Crippen LogP contribution in [0.1, 0.15) is 0 Å². The van der Waals surface area contributed by atoms with E-state index < -0.39 is 24.1 Å². The van der Waals surface area contributed by atoms with Crippen molar-refractivity contribution in [1.82, 2.24) is 0 Å². The summed E-state index contributed by atoms with van der Waals surface area (Å²) in [6.45, 7) is 0. The van der Waals surface area contributed by atoms with Crippen molar-refractivity contribution in [1.29, 1.82) is 0 Å². The second kappa shape index (κ2) is 12.3. The summed E-state index contributed by atoms with van der Waals surface area (Å²) in [5, 5.41) is 35.7. The van der Waals surface area contributed by atoms with Gasteiger partial charge in [-0.3, -0.25) is 0 Å². The van der Waals surface area contributed by atoms with Crippen molar-refractivity contribution in [3.05, 3.63) is 0 Å². The van der Waals surface area contributed by atoms with Crippen LogP contribution in [-0.2, 0) is 9.59 Å². The third-order valence-electron chi connectivity index (χ3n) is 0.782. The number of aliphatic carboxylic acids is 2. The van der Waals surface area contributed by atoms with E-state index in [2.05, 4.69) is 0 Å². The summed E-state index contributed by atoms with van der Waals surface area (Å²) in [6.07, 6.45) is -4.88. The Kier molecular flexibility index (Phi) is 23.1. The van der Waals surface area contributed by atoms with E-state index in [1.54, 1.807) is 0 Å². The minimum Gasteiger partial charge on any atom is -0.547 e. The van der Waals surface area contributed by atoms with Gasteiger partial charge < -0.3 is 30.0 Å². The molecule has 2 unspecified atom stereocenters. The Labute approximate surface area is 162 Å². The van der Waals surface area contributed by atoms with Gasteiger partial charge >= 0.3 is 103 Å². The van der Waals surface area contributed by atoms with Crippen molar-refractivity contribution in [3.63, 3.8) is 0 Å². The summed E-state index contributed by atoms with van der Waals surface area (Å²) in [6, 6.07) is 0. The zero-order valence-corrected chi connectivity index (χ0v) is 12.9. The number of carbonyl (C=O) groups is 2. The van der Waals surface area contributed by atoms with Gasteiger partial charge in [-0.1, -0.05) is 0 Å². The Morgan fingerprint density at radius 2 is 1.08 bits per heavy atom. The van der Waals surface area contributed by atoms with Crippen molar-refractivity contribution in [3.8, 4) is 0 Å². The van der Waals surface area contributed by atoms with E-state index in [1.165, 1.54) is 0 Å². The SMILES string of the molecule is B.O=C([O-])C(O)C(O)C(=O)[O-].[K+].[K+]. The van der Waals surface area contributed by atoms with Crippen LogP contribution in [0.4, 0.5) is 0 Å².